The largest absolute Gasteiger partial charge is 0.365 e. The summed E-state index contributed by atoms with van der Waals surface area (Å²) < 4.78 is 28.0. The Kier molecular flexibility index (Phi) is 7.66. The molecule has 0 aromatic heterocycles. The Morgan fingerprint density at radius 1 is 1.10 bits per heavy atom. The Bertz CT molecular complexity index is 701. The van der Waals surface area contributed by atoms with E-state index in [2.05, 4.69) is 20.9 Å². The van der Waals surface area contributed by atoms with Gasteiger partial charge in [0.1, 0.15) is 17.3 Å². The van der Waals surface area contributed by atoms with Crippen molar-refractivity contribution < 1.29 is 13.6 Å². The van der Waals surface area contributed by atoms with Crippen LogP contribution >= 0.6 is 0 Å². The molecule has 1 aliphatic heterocycles. The van der Waals surface area contributed by atoms with E-state index in [1.807, 2.05) is 0 Å². The van der Waals surface area contributed by atoms with Crippen molar-refractivity contribution in [1.29, 1.82) is 0 Å². The number of hydrogen-bond acceptors (Lipinski definition) is 3. The van der Waals surface area contributed by atoms with Gasteiger partial charge in [0.2, 0.25) is 5.91 Å². The molecule has 1 unspecified atom stereocenters. The Balaban J connectivity index is 1.40. The highest BCUT2D eigenvalue weighted by atomic mass is 19.1. The predicted octanol–water partition coefficient (Wildman–Crippen LogP) is 2.41. The summed E-state index contributed by atoms with van der Waals surface area (Å²) in [6, 6.07) is 3.97. The number of amides is 1. The van der Waals surface area contributed by atoms with E-state index in [0.29, 0.717) is 32.1 Å². The second-order valence-electron chi connectivity index (χ2n) is 7.77. The predicted molar refractivity (Wildman–Crippen MR) is 111 cm³/mol. The SMILES string of the molecule is CN=C(NCCNC(=O)C1CCCCC1)NC1CCN(c2c(F)cccc2F)C1. The lowest BCUT2D eigenvalue weighted by molar-refractivity contribution is -0.125. The quantitative estimate of drug-likeness (QED) is 0.385. The van der Waals surface area contributed by atoms with Gasteiger partial charge in [-0.05, 0) is 31.4 Å². The number of para-hydroxylation sites is 1. The molecule has 1 aromatic carbocycles. The molecule has 3 N–H and O–H groups in total. The Hall–Kier alpha value is -2.38. The van der Waals surface area contributed by atoms with Gasteiger partial charge < -0.3 is 20.9 Å². The van der Waals surface area contributed by atoms with Crippen LogP contribution in [0, 0.1) is 17.6 Å². The van der Waals surface area contributed by atoms with Crippen molar-refractivity contribution >= 4 is 17.6 Å². The van der Waals surface area contributed by atoms with Crippen LogP contribution in [0.4, 0.5) is 14.5 Å². The molecule has 1 saturated carbocycles. The third-order valence-electron chi connectivity index (χ3n) is 5.70. The highest BCUT2D eigenvalue weighted by Crippen LogP contribution is 2.26. The van der Waals surface area contributed by atoms with Crippen LogP contribution < -0.4 is 20.9 Å². The monoisotopic (exact) mass is 407 g/mol. The van der Waals surface area contributed by atoms with E-state index in [4.69, 9.17) is 0 Å². The summed E-state index contributed by atoms with van der Waals surface area (Å²) in [5.74, 6) is -0.154. The van der Waals surface area contributed by atoms with Gasteiger partial charge in [-0.1, -0.05) is 25.3 Å². The van der Waals surface area contributed by atoms with Gasteiger partial charge in [0.05, 0.1) is 0 Å². The Labute approximate surface area is 171 Å². The first kappa shape index (κ1) is 21.3. The third kappa shape index (κ3) is 5.81. The molecule has 0 radical (unpaired) electrons. The average Bonchev–Trinajstić information content (AvgIpc) is 3.18. The Morgan fingerprint density at radius 2 is 1.79 bits per heavy atom. The highest BCUT2D eigenvalue weighted by Gasteiger charge is 2.27. The molecular weight excluding hydrogens is 376 g/mol. The molecule has 1 amide bonds. The maximum atomic E-state index is 14.0. The van der Waals surface area contributed by atoms with E-state index in [1.54, 1.807) is 11.9 Å². The average molecular weight is 408 g/mol. The van der Waals surface area contributed by atoms with E-state index >= 15 is 0 Å². The number of rotatable bonds is 6. The maximum absolute atomic E-state index is 14.0. The maximum Gasteiger partial charge on any atom is 0.223 e. The van der Waals surface area contributed by atoms with Crippen LogP contribution in [0.3, 0.4) is 0 Å². The summed E-state index contributed by atoms with van der Waals surface area (Å²) in [4.78, 5) is 18.1. The number of anilines is 1. The summed E-state index contributed by atoms with van der Waals surface area (Å²) in [7, 11) is 1.68. The molecular formula is C21H31F2N5O. The summed E-state index contributed by atoms with van der Waals surface area (Å²) in [6.45, 7) is 2.17. The fourth-order valence-corrected chi connectivity index (χ4v) is 4.14. The fraction of sp³-hybridized carbons (Fsp3) is 0.619. The molecule has 2 aliphatic rings. The van der Waals surface area contributed by atoms with Crippen LogP contribution in [-0.4, -0.2) is 51.1 Å². The fourth-order valence-electron chi connectivity index (χ4n) is 4.14. The van der Waals surface area contributed by atoms with E-state index in [0.717, 1.165) is 32.1 Å². The molecule has 160 valence electrons. The molecule has 1 aliphatic carbocycles. The number of nitrogens with zero attached hydrogens (tertiary/aromatic N) is 2. The molecule has 1 saturated heterocycles. The van der Waals surface area contributed by atoms with Crippen LogP contribution in [0.5, 0.6) is 0 Å². The first-order valence-corrected chi connectivity index (χ1v) is 10.5. The van der Waals surface area contributed by atoms with Gasteiger partial charge >= 0.3 is 0 Å². The minimum absolute atomic E-state index is 0.0326. The summed E-state index contributed by atoms with van der Waals surface area (Å²) in [6.07, 6.45) is 6.25. The van der Waals surface area contributed by atoms with E-state index in [9.17, 15) is 13.6 Å². The molecule has 0 bridgehead atoms. The van der Waals surface area contributed by atoms with Crippen LogP contribution in [-0.2, 0) is 4.79 Å². The first-order valence-electron chi connectivity index (χ1n) is 10.5. The molecule has 6 nitrogen and oxygen atoms in total. The van der Waals surface area contributed by atoms with Gasteiger partial charge in [0, 0.05) is 45.2 Å². The number of nitrogens with one attached hydrogen (secondary N) is 3. The molecule has 1 atom stereocenters. The van der Waals surface area contributed by atoms with Crippen LogP contribution in [0.25, 0.3) is 0 Å². The minimum Gasteiger partial charge on any atom is -0.365 e. The smallest absolute Gasteiger partial charge is 0.223 e. The van der Waals surface area contributed by atoms with Gasteiger partial charge in [-0.15, -0.1) is 0 Å². The van der Waals surface area contributed by atoms with E-state index in [-0.39, 0.29) is 23.6 Å². The van der Waals surface area contributed by atoms with Crippen molar-refractivity contribution in [3.63, 3.8) is 0 Å². The Morgan fingerprint density at radius 3 is 2.48 bits per heavy atom. The van der Waals surface area contributed by atoms with Gasteiger partial charge in [-0.3, -0.25) is 9.79 Å². The van der Waals surface area contributed by atoms with Crippen molar-refractivity contribution in [2.24, 2.45) is 10.9 Å². The molecule has 8 heteroatoms. The first-order chi connectivity index (χ1) is 14.1. The lowest BCUT2D eigenvalue weighted by Crippen LogP contribution is -2.47. The minimum atomic E-state index is -0.540. The standard InChI is InChI=1S/C21H31F2N5O/c1-24-21(26-12-11-25-20(29)15-6-3-2-4-7-15)27-16-10-13-28(14-16)19-17(22)8-5-9-18(19)23/h5,8-9,15-16H,2-4,6-7,10-14H2,1H3,(H,25,29)(H2,24,26,27). The number of halogens is 2. The number of benzene rings is 1. The lowest BCUT2D eigenvalue weighted by atomic mass is 9.89. The van der Waals surface area contributed by atoms with Crippen molar-refractivity contribution in [1.82, 2.24) is 16.0 Å². The van der Waals surface area contributed by atoms with Gasteiger partial charge in [0.15, 0.2) is 5.96 Å². The normalized spacial score (nSPS) is 20.6. The zero-order valence-electron chi connectivity index (χ0n) is 17.0. The molecule has 1 aromatic rings. The molecule has 3 rings (SSSR count). The highest BCUT2D eigenvalue weighted by molar-refractivity contribution is 5.80. The zero-order chi connectivity index (χ0) is 20.6. The van der Waals surface area contributed by atoms with Gasteiger partial charge in [-0.2, -0.15) is 0 Å². The topological polar surface area (TPSA) is 68.8 Å². The summed E-state index contributed by atoms with van der Waals surface area (Å²) in [5, 5.41) is 9.48. The van der Waals surface area contributed by atoms with E-state index < -0.39 is 11.6 Å². The van der Waals surface area contributed by atoms with Crippen molar-refractivity contribution in [3.05, 3.63) is 29.8 Å². The second kappa shape index (κ2) is 10.4. The number of carbonyl (C=O) groups is 1. The molecule has 1 heterocycles. The van der Waals surface area contributed by atoms with Crippen molar-refractivity contribution in [2.75, 3.05) is 38.1 Å². The number of carbonyl (C=O) groups excluding carboxylic acids is 1. The van der Waals surface area contributed by atoms with Crippen LogP contribution in [0.2, 0.25) is 0 Å². The van der Waals surface area contributed by atoms with Gasteiger partial charge in [0.25, 0.3) is 0 Å². The van der Waals surface area contributed by atoms with Crippen LogP contribution in [0.1, 0.15) is 38.5 Å². The lowest BCUT2D eigenvalue weighted by Gasteiger charge is -2.22. The molecule has 2 fully saturated rings. The number of hydrogen-bond donors (Lipinski definition) is 3. The van der Waals surface area contributed by atoms with Crippen molar-refractivity contribution in [3.8, 4) is 0 Å². The molecule has 29 heavy (non-hydrogen) atoms. The van der Waals surface area contributed by atoms with Gasteiger partial charge in [-0.25, -0.2) is 8.78 Å². The summed E-state index contributed by atoms with van der Waals surface area (Å²) in [5.41, 5.74) is 0.0326. The van der Waals surface area contributed by atoms with Crippen LogP contribution in [0.15, 0.2) is 23.2 Å². The summed E-state index contributed by atoms with van der Waals surface area (Å²) >= 11 is 0. The third-order valence-corrected chi connectivity index (χ3v) is 5.70. The van der Waals surface area contributed by atoms with E-state index in [1.165, 1.54) is 24.6 Å². The number of aliphatic imine (C=N–C) groups is 1. The molecule has 0 spiro atoms. The number of guanidine groups is 1. The van der Waals surface area contributed by atoms with Crippen molar-refractivity contribution in [2.45, 2.75) is 44.6 Å². The second-order valence-corrected chi connectivity index (χ2v) is 7.77. The zero-order valence-corrected chi connectivity index (χ0v) is 17.0.